The van der Waals surface area contributed by atoms with Gasteiger partial charge >= 0.3 is 11.9 Å². The fourth-order valence-corrected chi connectivity index (χ4v) is 1.19. The monoisotopic (exact) mass is 378 g/mol. The molecule has 0 fully saturated rings. The van der Waals surface area contributed by atoms with Crippen LogP contribution in [0.1, 0.15) is 10.4 Å². The molecule has 1 aromatic carbocycles. The summed E-state index contributed by atoms with van der Waals surface area (Å²) >= 11 is 1.50. The number of halogens is 5. The average molecular weight is 378 g/mol. The summed E-state index contributed by atoms with van der Waals surface area (Å²) in [6.45, 7) is 0. The second-order valence-corrected chi connectivity index (χ2v) is 3.64. The van der Waals surface area contributed by atoms with Gasteiger partial charge in [0.05, 0.1) is 4.43 Å². The number of aromatic carboxylic acids is 1. The molecule has 0 bridgehead atoms. The number of alkyl halides is 1. The van der Waals surface area contributed by atoms with Crippen molar-refractivity contribution in [3.8, 4) is 5.75 Å². The van der Waals surface area contributed by atoms with Crippen LogP contribution in [0.4, 0.5) is 17.6 Å². The summed E-state index contributed by atoms with van der Waals surface area (Å²) in [4.78, 5) is 21.2. The maximum atomic E-state index is 13.2. The van der Waals surface area contributed by atoms with E-state index in [1.165, 1.54) is 22.6 Å². The van der Waals surface area contributed by atoms with Gasteiger partial charge in [0.25, 0.3) is 0 Å². The minimum atomic E-state index is -2.19. The summed E-state index contributed by atoms with van der Waals surface area (Å²) in [6, 6.07) is 0. The van der Waals surface area contributed by atoms with E-state index in [2.05, 4.69) is 4.74 Å². The van der Waals surface area contributed by atoms with Crippen LogP contribution in [-0.2, 0) is 4.79 Å². The summed E-state index contributed by atoms with van der Waals surface area (Å²) < 4.78 is 56.5. The third kappa shape index (κ3) is 2.54. The summed E-state index contributed by atoms with van der Waals surface area (Å²) in [5.74, 6) is -13.4. The normalized spacial score (nSPS) is 10.3. The lowest BCUT2D eigenvalue weighted by molar-refractivity contribution is -0.131. The molecule has 1 rings (SSSR count). The quantitative estimate of drug-likeness (QED) is 0.219. The fraction of sp³-hybridized carbons (Fsp3) is 0.111. The van der Waals surface area contributed by atoms with Crippen LogP contribution in [0.5, 0.6) is 5.75 Å². The van der Waals surface area contributed by atoms with Crippen molar-refractivity contribution in [1.82, 2.24) is 0 Å². The van der Waals surface area contributed by atoms with Crippen LogP contribution in [0.15, 0.2) is 0 Å². The second kappa shape index (κ2) is 5.50. The topological polar surface area (TPSA) is 63.6 Å². The first-order valence-corrected chi connectivity index (χ1v) is 5.69. The van der Waals surface area contributed by atoms with Crippen molar-refractivity contribution >= 4 is 34.5 Å². The van der Waals surface area contributed by atoms with Crippen molar-refractivity contribution in [2.45, 2.75) is 0 Å². The molecule has 0 radical (unpaired) electrons. The third-order valence-corrected chi connectivity index (χ3v) is 2.38. The molecule has 0 aliphatic rings. The molecular weight excluding hydrogens is 375 g/mol. The van der Waals surface area contributed by atoms with Gasteiger partial charge in [0.1, 0.15) is 5.56 Å². The number of ether oxygens (including phenoxy) is 1. The standard InChI is InChI=1S/C9H3F4IO4/c10-4-3(9(16)17)5(11)7(13)8(6(4)12)18-2(15)1-14/h1H2,(H,16,17). The highest BCUT2D eigenvalue weighted by Gasteiger charge is 2.31. The zero-order valence-corrected chi connectivity index (χ0v) is 10.4. The van der Waals surface area contributed by atoms with Gasteiger partial charge in [0.15, 0.2) is 11.6 Å². The minimum Gasteiger partial charge on any atom is -0.477 e. The Morgan fingerprint density at radius 3 is 1.83 bits per heavy atom. The Morgan fingerprint density at radius 1 is 1.06 bits per heavy atom. The molecule has 0 saturated heterocycles. The number of hydrogen-bond donors (Lipinski definition) is 1. The predicted octanol–water partition coefficient (Wildman–Crippen LogP) is 2.28. The minimum absolute atomic E-state index is 0.319. The molecule has 98 valence electrons. The first kappa shape index (κ1) is 14.7. The third-order valence-electron chi connectivity index (χ3n) is 1.76. The van der Waals surface area contributed by atoms with E-state index in [4.69, 9.17) is 5.11 Å². The molecule has 0 spiro atoms. The SMILES string of the molecule is O=C(CI)Oc1c(F)c(F)c(C(=O)O)c(F)c1F. The number of esters is 1. The summed E-state index contributed by atoms with van der Waals surface area (Å²) in [5.41, 5.74) is -1.79. The van der Waals surface area contributed by atoms with E-state index in [0.717, 1.165) is 0 Å². The van der Waals surface area contributed by atoms with Crippen LogP contribution < -0.4 is 4.74 Å². The van der Waals surface area contributed by atoms with Crippen molar-refractivity contribution in [1.29, 1.82) is 0 Å². The second-order valence-electron chi connectivity index (χ2n) is 2.87. The molecule has 4 nitrogen and oxygen atoms in total. The first-order valence-electron chi connectivity index (χ1n) is 4.17. The Kier molecular flexibility index (Phi) is 4.48. The van der Waals surface area contributed by atoms with Gasteiger partial charge in [-0.1, -0.05) is 22.6 Å². The van der Waals surface area contributed by atoms with Crippen LogP contribution in [0.3, 0.4) is 0 Å². The first-order chi connectivity index (χ1) is 8.31. The maximum Gasteiger partial charge on any atom is 0.341 e. The van der Waals surface area contributed by atoms with E-state index in [-0.39, 0.29) is 4.43 Å². The van der Waals surface area contributed by atoms with Gasteiger partial charge in [-0.3, -0.25) is 4.79 Å². The van der Waals surface area contributed by atoms with Crippen molar-refractivity contribution in [2.24, 2.45) is 0 Å². The van der Waals surface area contributed by atoms with Gasteiger partial charge in [-0.25, -0.2) is 13.6 Å². The van der Waals surface area contributed by atoms with E-state index < -0.39 is 46.5 Å². The van der Waals surface area contributed by atoms with Gasteiger partial charge < -0.3 is 9.84 Å². The molecule has 18 heavy (non-hydrogen) atoms. The van der Waals surface area contributed by atoms with Gasteiger partial charge in [-0.05, 0) is 0 Å². The van der Waals surface area contributed by atoms with Gasteiger partial charge in [0.2, 0.25) is 17.4 Å². The highest BCUT2D eigenvalue weighted by atomic mass is 127. The molecule has 1 N–H and O–H groups in total. The highest BCUT2D eigenvalue weighted by molar-refractivity contribution is 14.1. The molecule has 0 aromatic heterocycles. The lowest BCUT2D eigenvalue weighted by Crippen LogP contribution is -2.16. The van der Waals surface area contributed by atoms with Crippen LogP contribution in [0.2, 0.25) is 0 Å². The Morgan fingerprint density at radius 2 is 1.50 bits per heavy atom. The lowest BCUT2D eigenvalue weighted by Gasteiger charge is -2.09. The molecule has 0 saturated carbocycles. The highest BCUT2D eigenvalue weighted by Crippen LogP contribution is 2.30. The number of carbonyl (C=O) groups is 2. The van der Waals surface area contributed by atoms with E-state index in [0.29, 0.717) is 0 Å². The van der Waals surface area contributed by atoms with E-state index in [1.54, 1.807) is 0 Å². The number of carbonyl (C=O) groups excluding carboxylic acids is 1. The van der Waals surface area contributed by atoms with E-state index in [1.807, 2.05) is 0 Å². The van der Waals surface area contributed by atoms with Crippen LogP contribution in [0.25, 0.3) is 0 Å². The van der Waals surface area contributed by atoms with Gasteiger partial charge in [0, 0.05) is 0 Å². The van der Waals surface area contributed by atoms with Crippen molar-refractivity contribution in [2.75, 3.05) is 4.43 Å². The largest absolute Gasteiger partial charge is 0.477 e. The van der Waals surface area contributed by atoms with Crippen LogP contribution in [-0.4, -0.2) is 21.5 Å². The number of rotatable bonds is 3. The summed E-state index contributed by atoms with van der Waals surface area (Å²) in [6.07, 6.45) is 0. The van der Waals surface area contributed by atoms with Crippen LogP contribution >= 0.6 is 22.6 Å². The number of benzene rings is 1. The molecule has 0 atom stereocenters. The smallest absolute Gasteiger partial charge is 0.341 e. The van der Waals surface area contributed by atoms with Gasteiger partial charge in [-0.2, -0.15) is 8.78 Å². The van der Waals surface area contributed by atoms with Crippen molar-refractivity contribution in [3.63, 3.8) is 0 Å². The molecule has 0 unspecified atom stereocenters. The molecule has 0 aliphatic carbocycles. The molecule has 0 heterocycles. The Labute approximate surface area is 111 Å². The number of carboxylic acids is 1. The maximum absolute atomic E-state index is 13.2. The molecule has 0 amide bonds. The zero-order valence-electron chi connectivity index (χ0n) is 8.27. The molecular formula is C9H3F4IO4. The fourth-order valence-electron chi connectivity index (χ4n) is 1.03. The predicted molar refractivity (Wildman–Crippen MR) is 57.8 cm³/mol. The Hall–Kier alpha value is -1.39. The Bertz CT molecular complexity index is 503. The molecule has 1 aromatic rings. The molecule has 0 aliphatic heterocycles. The summed E-state index contributed by atoms with van der Waals surface area (Å²) in [7, 11) is 0. The lowest BCUT2D eigenvalue weighted by atomic mass is 10.1. The van der Waals surface area contributed by atoms with Crippen molar-refractivity contribution in [3.05, 3.63) is 28.8 Å². The zero-order chi connectivity index (χ0) is 14.0. The summed E-state index contributed by atoms with van der Waals surface area (Å²) in [5, 5.41) is 8.39. The number of hydrogen-bond acceptors (Lipinski definition) is 3. The van der Waals surface area contributed by atoms with E-state index in [9.17, 15) is 27.2 Å². The van der Waals surface area contributed by atoms with Gasteiger partial charge in [-0.15, -0.1) is 0 Å². The average Bonchev–Trinajstić information content (AvgIpc) is 2.31. The van der Waals surface area contributed by atoms with E-state index >= 15 is 0 Å². The number of carboxylic acid groups (broad SMARTS) is 1. The Balaban J connectivity index is 3.48. The van der Waals surface area contributed by atoms with Crippen molar-refractivity contribution < 1.29 is 37.0 Å². The molecule has 9 heteroatoms. The van der Waals surface area contributed by atoms with Crippen LogP contribution in [0, 0.1) is 23.3 Å².